The van der Waals surface area contributed by atoms with Crippen molar-refractivity contribution in [1.82, 2.24) is 0 Å². The van der Waals surface area contributed by atoms with Gasteiger partial charge in [0.1, 0.15) is 0 Å². The lowest BCUT2D eigenvalue weighted by atomic mass is 10.1. The lowest BCUT2D eigenvalue weighted by molar-refractivity contribution is -0.385. The fourth-order valence-corrected chi connectivity index (χ4v) is 2.22. The minimum Gasteiger partial charge on any atom is -0.322 e. The number of carbonyl (C=O) groups excluding carboxylic acids is 1. The third-order valence-corrected chi connectivity index (χ3v) is 3.62. The van der Waals surface area contributed by atoms with E-state index in [0.717, 1.165) is 3.57 Å². The molecule has 0 aliphatic carbocycles. The number of nitro benzene ring substituents is 1. The molecule has 1 amide bonds. The second kappa shape index (κ2) is 6.98. The van der Waals surface area contributed by atoms with Crippen molar-refractivity contribution < 1.29 is 9.72 Å². The molecule has 1 N–H and O–H groups in total. The van der Waals surface area contributed by atoms with Crippen molar-refractivity contribution in [3.63, 3.8) is 0 Å². The number of carbonyl (C=O) groups is 1. The lowest BCUT2D eigenvalue weighted by Gasteiger charge is -2.04. The smallest absolute Gasteiger partial charge is 0.276 e. The fourth-order valence-electron chi connectivity index (χ4n) is 1.70. The molecule has 5 nitrogen and oxygen atoms in total. The highest BCUT2D eigenvalue weighted by atomic mass is 127. The molecule has 0 radical (unpaired) electrons. The van der Waals surface area contributed by atoms with E-state index < -0.39 is 4.92 Å². The van der Waals surface area contributed by atoms with Crippen molar-refractivity contribution in [2.24, 2.45) is 0 Å². The van der Waals surface area contributed by atoms with Gasteiger partial charge in [-0.3, -0.25) is 14.9 Å². The summed E-state index contributed by atoms with van der Waals surface area (Å²) in [6.07, 6.45) is 2.72. The number of nitrogens with zero attached hydrogens (tertiary/aromatic N) is 1. The maximum Gasteiger partial charge on any atom is 0.276 e. The summed E-state index contributed by atoms with van der Waals surface area (Å²) in [6, 6.07) is 13.6. The van der Waals surface area contributed by atoms with E-state index in [1.807, 2.05) is 18.2 Å². The minimum absolute atomic E-state index is 0.0316. The Morgan fingerprint density at radius 3 is 2.52 bits per heavy atom. The molecule has 0 heterocycles. The van der Waals surface area contributed by atoms with Gasteiger partial charge in [0.15, 0.2) is 0 Å². The molecule has 2 aromatic rings. The Bertz CT molecular complexity index is 714. The Balaban J connectivity index is 2.13. The van der Waals surface area contributed by atoms with Crippen molar-refractivity contribution in [3.8, 4) is 0 Å². The standard InChI is InChI=1S/C15H11IN2O3/c16-12-6-2-3-7-13(12)17-15(19)10-9-11-5-1-4-8-14(11)18(20)21/h1-10H,(H,17,19). The Hall–Kier alpha value is -2.22. The van der Waals surface area contributed by atoms with Gasteiger partial charge in [-0.15, -0.1) is 0 Å². The van der Waals surface area contributed by atoms with Crippen LogP contribution in [-0.2, 0) is 4.79 Å². The van der Waals surface area contributed by atoms with Crippen LogP contribution in [0.4, 0.5) is 11.4 Å². The van der Waals surface area contributed by atoms with Gasteiger partial charge >= 0.3 is 0 Å². The number of nitrogens with one attached hydrogen (secondary N) is 1. The summed E-state index contributed by atoms with van der Waals surface area (Å²) in [5.74, 6) is -0.336. The Kier molecular flexibility index (Phi) is 5.04. The molecule has 0 aliphatic heterocycles. The van der Waals surface area contributed by atoms with Gasteiger partial charge in [-0.2, -0.15) is 0 Å². The van der Waals surface area contributed by atoms with Gasteiger partial charge in [-0.1, -0.05) is 24.3 Å². The van der Waals surface area contributed by atoms with E-state index in [9.17, 15) is 14.9 Å². The van der Waals surface area contributed by atoms with Crippen LogP contribution in [0.25, 0.3) is 6.08 Å². The zero-order valence-corrected chi connectivity index (χ0v) is 13.0. The van der Waals surface area contributed by atoms with Gasteiger partial charge in [0.2, 0.25) is 5.91 Å². The van der Waals surface area contributed by atoms with Crippen LogP contribution in [0.2, 0.25) is 0 Å². The largest absolute Gasteiger partial charge is 0.322 e. The Morgan fingerprint density at radius 2 is 1.81 bits per heavy atom. The highest BCUT2D eigenvalue weighted by molar-refractivity contribution is 14.1. The molecule has 0 spiro atoms. The third kappa shape index (κ3) is 4.12. The van der Waals surface area contributed by atoms with Crippen molar-refractivity contribution in [1.29, 1.82) is 0 Å². The summed E-state index contributed by atoms with van der Waals surface area (Å²) in [7, 11) is 0. The summed E-state index contributed by atoms with van der Waals surface area (Å²) < 4.78 is 0.919. The number of hydrogen-bond donors (Lipinski definition) is 1. The quantitative estimate of drug-likeness (QED) is 0.371. The second-order valence-electron chi connectivity index (χ2n) is 4.12. The molecule has 0 unspecified atom stereocenters. The zero-order valence-electron chi connectivity index (χ0n) is 10.8. The van der Waals surface area contributed by atoms with Crippen LogP contribution < -0.4 is 5.32 Å². The molecule has 0 bridgehead atoms. The van der Waals surface area contributed by atoms with E-state index in [1.165, 1.54) is 18.2 Å². The second-order valence-corrected chi connectivity index (χ2v) is 5.28. The van der Waals surface area contributed by atoms with Crippen LogP contribution in [0.1, 0.15) is 5.56 Å². The summed E-state index contributed by atoms with van der Waals surface area (Å²) in [4.78, 5) is 22.2. The van der Waals surface area contributed by atoms with Gasteiger partial charge in [0.25, 0.3) is 5.69 Å². The summed E-state index contributed by atoms with van der Waals surface area (Å²) >= 11 is 2.12. The van der Waals surface area contributed by atoms with Crippen LogP contribution in [0, 0.1) is 13.7 Å². The summed E-state index contributed by atoms with van der Waals surface area (Å²) in [5.41, 5.74) is 1.06. The number of anilines is 1. The lowest BCUT2D eigenvalue weighted by Crippen LogP contribution is -2.08. The molecule has 106 valence electrons. The Labute approximate surface area is 135 Å². The van der Waals surface area contributed by atoms with Gasteiger partial charge < -0.3 is 5.32 Å². The number of nitro groups is 1. The first-order valence-corrected chi connectivity index (χ1v) is 7.13. The van der Waals surface area contributed by atoms with Crippen LogP contribution in [0.15, 0.2) is 54.6 Å². The SMILES string of the molecule is O=C(C=Cc1ccccc1[N+](=O)[O-])Nc1ccccc1I. The molecular formula is C15H11IN2O3. The molecule has 2 rings (SSSR count). The van der Waals surface area contributed by atoms with E-state index in [2.05, 4.69) is 27.9 Å². The molecule has 0 aromatic heterocycles. The number of halogens is 1. The van der Waals surface area contributed by atoms with Crippen LogP contribution in [0.5, 0.6) is 0 Å². The van der Waals surface area contributed by atoms with Gasteiger partial charge in [-0.25, -0.2) is 0 Å². The van der Waals surface area contributed by atoms with Crippen molar-refractivity contribution in [2.45, 2.75) is 0 Å². The molecule has 0 saturated heterocycles. The van der Waals surface area contributed by atoms with Crippen LogP contribution >= 0.6 is 22.6 Å². The maximum atomic E-state index is 11.8. The van der Waals surface area contributed by atoms with Crippen molar-refractivity contribution >= 4 is 45.9 Å². The van der Waals surface area contributed by atoms with Crippen LogP contribution in [0.3, 0.4) is 0 Å². The molecule has 0 atom stereocenters. The first-order chi connectivity index (χ1) is 10.1. The number of benzene rings is 2. The van der Waals surface area contributed by atoms with E-state index in [1.54, 1.807) is 24.3 Å². The summed E-state index contributed by atoms with van der Waals surface area (Å²) in [6.45, 7) is 0. The van der Waals surface area contributed by atoms with Gasteiger partial charge in [0.05, 0.1) is 16.2 Å². The molecule has 2 aromatic carbocycles. The van der Waals surface area contributed by atoms with Crippen LogP contribution in [-0.4, -0.2) is 10.8 Å². The molecule has 0 saturated carbocycles. The number of amides is 1. The predicted molar refractivity (Wildman–Crippen MR) is 89.9 cm³/mol. The van der Waals surface area contributed by atoms with Crippen molar-refractivity contribution in [3.05, 3.63) is 73.9 Å². The first kappa shape index (κ1) is 15.2. The predicted octanol–water partition coefficient (Wildman–Crippen LogP) is 3.85. The molecule has 6 heteroatoms. The van der Waals surface area contributed by atoms with E-state index >= 15 is 0 Å². The van der Waals surface area contributed by atoms with Crippen molar-refractivity contribution in [2.75, 3.05) is 5.32 Å². The Morgan fingerprint density at radius 1 is 1.14 bits per heavy atom. The van der Waals surface area contributed by atoms with Gasteiger partial charge in [0, 0.05) is 15.7 Å². The highest BCUT2D eigenvalue weighted by Gasteiger charge is 2.09. The van der Waals surface area contributed by atoms with E-state index in [4.69, 9.17) is 0 Å². The monoisotopic (exact) mass is 394 g/mol. The topological polar surface area (TPSA) is 72.2 Å². The minimum atomic E-state index is -0.474. The number of para-hydroxylation sites is 2. The zero-order chi connectivity index (χ0) is 15.2. The number of rotatable bonds is 4. The highest BCUT2D eigenvalue weighted by Crippen LogP contribution is 2.20. The number of hydrogen-bond acceptors (Lipinski definition) is 3. The van der Waals surface area contributed by atoms with E-state index in [0.29, 0.717) is 11.3 Å². The van der Waals surface area contributed by atoms with Gasteiger partial charge in [-0.05, 0) is 46.9 Å². The molecular weight excluding hydrogens is 383 g/mol. The average Bonchev–Trinajstić information content (AvgIpc) is 2.48. The summed E-state index contributed by atoms with van der Waals surface area (Å²) in [5, 5.41) is 13.6. The molecule has 0 fully saturated rings. The molecule has 0 aliphatic rings. The maximum absolute atomic E-state index is 11.8. The molecule has 21 heavy (non-hydrogen) atoms. The average molecular weight is 394 g/mol. The third-order valence-electron chi connectivity index (χ3n) is 2.68. The first-order valence-electron chi connectivity index (χ1n) is 6.05. The fraction of sp³-hybridized carbons (Fsp3) is 0. The van der Waals surface area contributed by atoms with E-state index in [-0.39, 0.29) is 11.6 Å². The normalized spacial score (nSPS) is 10.5.